The maximum atomic E-state index is 13.2. The molecule has 6 heteroatoms. The van der Waals surface area contributed by atoms with Crippen molar-refractivity contribution in [1.82, 2.24) is 5.32 Å². The van der Waals surface area contributed by atoms with Gasteiger partial charge in [0.2, 0.25) is 5.91 Å². The van der Waals surface area contributed by atoms with Gasteiger partial charge in [-0.05, 0) is 56.0 Å². The maximum absolute atomic E-state index is 13.2. The fourth-order valence-corrected chi connectivity index (χ4v) is 3.92. The molecule has 2 amide bonds. The molecule has 4 rings (SSSR count). The summed E-state index contributed by atoms with van der Waals surface area (Å²) < 4.78 is 18.9. The third-order valence-electron chi connectivity index (χ3n) is 5.62. The van der Waals surface area contributed by atoms with Gasteiger partial charge in [0.25, 0.3) is 5.91 Å². The second-order valence-corrected chi connectivity index (χ2v) is 7.46. The summed E-state index contributed by atoms with van der Waals surface area (Å²) >= 11 is 0. The zero-order chi connectivity index (χ0) is 19.7. The first-order chi connectivity index (χ1) is 13.5. The number of fused-ring (bicyclic) bond motifs is 1. The molecule has 2 aliphatic rings. The van der Waals surface area contributed by atoms with Gasteiger partial charge >= 0.3 is 0 Å². The van der Waals surface area contributed by atoms with Gasteiger partial charge in [-0.3, -0.25) is 9.59 Å². The second-order valence-electron chi connectivity index (χ2n) is 7.46. The van der Waals surface area contributed by atoms with Crippen molar-refractivity contribution in [1.29, 1.82) is 0 Å². The molecule has 1 N–H and O–H groups in total. The Hall–Kier alpha value is -2.89. The van der Waals surface area contributed by atoms with E-state index in [2.05, 4.69) is 5.32 Å². The van der Waals surface area contributed by atoms with Crippen LogP contribution in [0.15, 0.2) is 48.5 Å². The quantitative estimate of drug-likeness (QED) is 0.861. The summed E-state index contributed by atoms with van der Waals surface area (Å²) in [6.07, 6.45) is 2.30. The molecular formula is C22H23FN2O3. The van der Waals surface area contributed by atoms with E-state index in [0.717, 1.165) is 24.8 Å². The first kappa shape index (κ1) is 18.5. The Balaban J connectivity index is 1.44. The molecule has 28 heavy (non-hydrogen) atoms. The van der Waals surface area contributed by atoms with Gasteiger partial charge in [-0.1, -0.05) is 24.3 Å². The monoisotopic (exact) mass is 382 g/mol. The molecule has 5 nitrogen and oxygen atoms in total. The number of benzene rings is 2. The molecule has 1 aliphatic heterocycles. The summed E-state index contributed by atoms with van der Waals surface area (Å²) in [6, 6.07) is 13.7. The number of carbonyl (C=O) groups excluding carboxylic acids is 2. The van der Waals surface area contributed by atoms with E-state index in [-0.39, 0.29) is 30.6 Å². The zero-order valence-electron chi connectivity index (χ0n) is 15.8. The Labute approximate surface area is 163 Å². The number of anilines is 1. The van der Waals surface area contributed by atoms with Gasteiger partial charge in [0.1, 0.15) is 11.6 Å². The lowest BCUT2D eigenvalue weighted by molar-refractivity contribution is -0.126. The average molecular weight is 382 g/mol. The average Bonchev–Trinajstić information content (AvgIpc) is 2.66. The van der Waals surface area contributed by atoms with E-state index in [0.29, 0.717) is 11.4 Å². The van der Waals surface area contributed by atoms with Crippen molar-refractivity contribution >= 4 is 17.5 Å². The number of nitrogens with one attached hydrogen (secondary N) is 1. The molecule has 0 bridgehead atoms. The Morgan fingerprint density at radius 3 is 2.61 bits per heavy atom. The highest BCUT2D eigenvalue weighted by Crippen LogP contribution is 2.41. The number of amides is 2. The summed E-state index contributed by atoms with van der Waals surface area (Å²) in [5.74, 6) is 0.0943. The lowest BCUT2D eigenvalue weighted by Crippen LogP contribution is -2.52. The Bertz CT molecular complexity index is 893. The zero-order valence-corrected chi connectivity index (χ0v) is 15.8. The molecule has 0 spiro atoms. The van der Waals surface area contributed by atoms with Gasteiger partial charge in [-0.15, -0.1) is 0 Å². The van der Waals surface area contributed by atoms with Crippen molar-refractivity contribution in [2.75, 3.05) is 11.4 Å². The van der Waals surface area contributed by atoms with Crippen molar-refractivity contribution < 1.29 is 18.7 Å². The molecule has 0 aromatic heterocycles. The van der Waals surface area contributed by atoms with Crippen LogP contribution in [0.5, 0.6) is 5.75 Å². The fourth-order valence-electron chi connectivity index (χ4n) is 3.92. The van der Waals surface area contributed by atoms with Crippen LogP contribution < -0.4 is 15.0 Å². The van der Waals surface area contributed by atoms with E-state index in [9.17, 15) is 14.0 Å². The second kappa shape index (κ2) is 7.26. The van der Waals surface area contributed by atoms with Crippen molar-refractivity contribution in [3.8, 4) is 5.75 Å². The van der Waals surface area contributed by atoms with E-state index in [1.165, 1.54) is 12.1 Å². The fraction of sp³-hybridized carbons (Fsp3) is 0.364. The third-order valence-corrected chi connectivity index (χ3v) is 5.62. The number of rotatable bonds is 5. The normalized spacial score (nSPS) is 20.0. The molecule has 2 aromatic rings. The number of nitrogens with zero attached hydrogens (tertiary/aromatic N) is 1. The van der Waals surface area contributed by atoms with Gasteiger partial charge in [-0.2, -0.15) is 0 Å². The maximum Gasteiger partial charge on any atom is 0.267 e. The van der Waals surface area contributed by atoms with Crippen LogP contribution in [0, 0.1) is 5.82 Å². The molecule has 1 heterocycles. The van der Waals surface area contributed by atoms with Gasteiger partial charge in [0.15, 0.2) is 6.10 Å². The largest absolute Gasteiger partial charge is 0.479 e. The minimum atomic E-state index is -0.574. The lowest BCUT2D eigenvalue weighted by Gasteiger charge is -2.43. The summed E-state index contributed by atoms with van der Waals surface area (Å²) in [6.45, 7) is 2.00. The summed E-state index contributed by atoms with van der Waals surface area (Å²) in [7, 11) is 0. The van der Waals surface area contributed by atoms with Crippen LogP contribution in [0.25, 0.3) is 0 Å². The SMILES string of the molecule is C[C@H]1Oc2ccccc2N(CCC(=O)NC2(c3ccc(F)cc3)CCC2)C1=O. The molecule has 0 saturated heterocycles. The number of hydrogen-bond donors (Lipinski definition) is 1. The molecule has 1 aliphatic carbocycles. The van der Waals surface area contributed by atoms with Gasteiger partial charge in [0.05, 0.1) is 11.2 Å². The smallest absolute Gasteiger partial charge is 0.267 e. The first-order valence-electron chi connectivity index (χ1n) is 9.63. The summed E-state index contributed by atoms with van der Waals surface area (Å²) in [5.41, 5.74) is 1.19. The van der Waals surface area contributed by atoms with Crippen LogP contribution in [-0.2, 0) is 15.1 Å². The summed E-state index contributed by atoms with van der Waals surface area (Å²) in [4.78, 5) is 26.8. The predicted molar refractivity (Wildman–Crippen MR) is 104 cm³/mol. The van der Waals surface area contributed by atoms with Crippen LogP contribution >= 0.6 is 0 Å². The van der Waals surface area contributed by atoms with E-state index in [4.69, 9.17) is 4.74 Å². The Kier molecular flexibility index (Phi) is 4.79. The van der Waals surface area contributed by atoms with Crippen LogP contribution in [0.4, 0.5) is 10.1 Å². The van der Waals surface area contributed by atoms with Gasteiger partial charge in [-0.25, -0.2) is 4.39 Å². The molecular weight excluding hydrogens is 359 g/mol. The van der Waals surface area contributed by atoms with Crippen molar-refractivity contribution in [2.45, 2.75) is 44.2 Å². The number of hydrogen-bond acceptors (Lipinski definition) is 3. The van der Waals surface area contributed by atoms with E-state index in [1.807, 2.05) is 24.3 Å². The predicted octanol–water partition coefficient (Wildman–Crippen LogP) is 3.53. The molecule has 1 saturated carbocycles. The van der Waals surface area contributed by atoms with Crippen LogP contribution in [-0.4, -0.2) is 24.5 Å². The van der Waals surface area contributed by atoms with Crippen LogP contribution in [0.1, 0.15) is 38.2 Å². The minimum Gasteiger partial charge on any atom is -0.479 e. The topological polar surface area (TPSA) is 58.6 Å². The minimum absolute atomic E-state index is 0.117. The lowest BCUT2D eigenvalue weighted by atomic mass is 9.71. The van der Waals surface area contributed by atoms with Crippen LogP contribution in [0.2, 0.25) is 0 Å². The molecule has 146 valence electrons. The third kappa shape index (κ3) is 3.35. The Morgan fingerprint density at radius 1 is 1.21 bits per heavy atom. The Morgan fingerprint density at radius 2 is 1.93 bits per heavy atom. The van der Waals surface area contributed by atoms with Crippen molar-refractivity contribution in [3.63, 3.8) is 0 Å². The highest BCUT2D eigenvalue weighted by atomic mass is 19.1. The van der Waals surface area contributed by atoms with E-state index in [1.54, 1.807) is 24.0 Å². The van der Waals surface area contributed by atoms with Gasteiger partial charge < -0.3 is 15.0 Å². The van der Waals surface area contributed by atoms with E-state index < -0.39 is 11.6 Å². The molecule has 0 unspecified atom stereocenters. The number of ether oxygens (including phenoxy) is 1. The highest BCUT2D eigenvalue weighted by Gasteiger charge is 2.40. The number of carbonyl (C=O) groups is 2. The molecule has 2 aromatic carbocycles. The molecule has 1 atom stereocenters. The van der Waals surface area contributed by atoms with Gasteiger partial charge in [0, 0.05) is 13.0 Å². The number of halogens is 1. The molecule has 1 fully saturated rings. The molecule has 0 radical (unpaired) electrons. The van der Waals surface area contributed by atoms with Crippen LogP contribution in [0.3, 0.4) is 0 Å². The highest BCUT2D eigenvalue weighted by molar-refractivity contribution is 6.00. The van der Waals surface area contributed by atoms with E-state index >= 15 is 0 Å². The van der Waals surface area contributed by atoms with Crippen molar-refractivity contribution in [3.05, 3.63) is 59.9 Å². The standard InChI is InChI=1S/C22H23FN2O3/c1-15-21(27)25(18-5-2-3-6-19(18)28-15)14-11-20(26)24-22(12-4-13-22)16-7-9-17(23)10-8-16/h2-3,5-10,15H,4,11-14H2,1H3,(H,24,26)/t15-/m1/s1. The van der Waals surface area contributed by atoms with Crippen molar-refractivity contribution in [2.24, 2.45) is 0 Å². The summed E-state index contributed by atoms with van der Waals surface area (Å²) in [5, 5.41) is 3.12. The first-order valence-corrected chi connectivity index (χ1v) is 9.63. The number of para-hydroxylation sites is 2.